The molecule has 0 saturated carbocycles. The number of halogens is 3. The van der Waals surface area contributed by atoms with Crippen LogP contribution in [0, 0.1) is 11.8 Å². The van der Waals surface area contributed by atoms with E-state index in [9.17, 15) is 27.6 Å². The van der Waals surface area contributed by atoms with Crippen LogP contribution in [0.2, 0.25) is 0 Å². The van der Waals surface area contributed by atoms with Gasteiger partial charge in [-0.05, 0) is 19.8 Å². The summed E-state index contributed by atoms with van der Waals surface area (Å²) in [5, 5.41) is 9.16. The molecule has 0 aliphatic carbocycles. The summed E-state index contributed by atoms with van der Waals surface area (Å²) in [7, 11) is 0. The van der Waals surface area contributed by atoms with E-state index >= 15 is 0 Å². The minimum absolute atomic E-state index is 0.254. The Morgan fingerprint density at radius 3 is 2.57 bits per heavy atom. The molecular formula is C14H19F3N2O4. The highest BCUT2D eigenvalue weighted by Crippen LogP contribution is 2.29. The molecule has 2 rings (SSSR count). The van der Waals surface area contributed by atoms with E-state index in [2.05, 4.69) is 0 Å². The van der Waals surface area contributed by atoms with E-state index in [1.165, 1.54) is 4.90 Å². The van der Waals surface area contributed by atoms with Crippen molar-refractivity contribution in [2.75, 3.05) is 19.6 Å². The fourth-order valence-electron chi connectivity index (χ4n) is 3.33. The Labute approximate surface area is 131 Å². The lowest BCUT2D eigenvalue weighted by atomic mass is 9.89. The molecule has 9 heteroatoms. The van der Waals surface area contributed by atoms with Gasteiger partial charge < -0.3 is 14.9 Å². The van der Waals surface area contributed by atoms with E-state index in [1.807, 2.05) is 0 Å². The Kier molecular flexibility index (Phi) is 4.86. The van der Waals surface area contributed by atoms with E-state index in [0.717, 1.165) is 0 Å². The third-order valence-corrected chi connectivity index (χ3v) is 4.52. The van der Waals surface area contributed by atoms with Crippen molar-refractivity contribution in [3.05, 3.63) is 0 Å². The molecule has 0 radical (unpaired) electrons. The molecule has 2 saturated heterocycles. The average Bonchev–Trinajstić information content (AvgIpc) is 2.77. The van der Waals surface area contributed by atoms with Crippen molar-refractivity contribution >= 4 is 17.8 Å². The first-order valence-corrected chi connectivity index (χ1v) is 7.48. The molecule has 1 unspecified atom stereocenters. The van der Waals surface area contributed by atoms with Crippen molar-refractivity contribution in [2.45, 2.75) is 38.4 Å². The van der Waals surface area contributed by atoms with Crippen LogP contribution in [0.4, 0.5) is 13.2 Å². The van der Waals surface area contributed by atoms with Crippen molar-refractivity contribution in [2.24, 2.45) is 11.8 Å². The Bertz CT molecular complexity index is 509. The number of alkyl halides is 3. The van der Waals surface area contributed by atoms with Crippen LogP contribution in [0.3, 0.4) is 0 Å². The third kappa shape index (κ3) is 3.94. The van der Waals surface area contributed by atoms with Gasteiger partial charge in [-0.1, -0.05) is 0 Å². The zero-order valence-electron chi connectivity index (χ0n) is 12.7. The number of carboxylic acids is 1. The number of carboxylic acid groups (broad SMARTS) is 1. The Morgan fingerprint density at radius 2 is 2.00 bits per heavy atom. The number of hydrogen-bond donors (Lipinski definition) is 1. The zero-order valence-corrected chi connectivity index (χ0v) is 12.7. The highest BCUT2D eigenvalue weighted by Gasteiger charge is 2.44. The summed E-state index contributed by atoms with van der Waals surface area (Å²) in [4.78, 5) is 37.4. The second-order valence-electron chi connectivity index (χ2n) is 6.15. The molecule has 0 bridgehead atoms. The summed E-state index contributed by atoms with van der Waals surface area (Å²) >= 11 is 0. The average molecular weight is 336 g/mol. The van der Waals surface area contributed by atoms with E-state index in [0.29, 0.717) is 24.3 Å². The molecule has 0 spiro atoms. The lowest BCUT2D eigenvalue weighted by Gasteiger charge is -2.38. The monoisotopic (exact) mass is 336 g/mol. The smallest absolute Gasteiger partial charge is 0.406 e. The molecule has 0 aromatic carbocycles. The van der Waals surface area contributed by atoms with Gasteiger partial charge in [0.15, 0.2) is 0 Å². The van der Waals surface area contributed by atoms with Crippen LogP contribution in [0.15, 0.2) is 0 Å². The predicted octanol–water partition coefficient (Wildman–Crippen LogP) is 1.11. The minimum Gasteiger partial charge on any atom is -0.481 e. The van der Waals surface area contributed by atoms with Crippen LogP contribution in [0.1, 0.15) is 26.2 Å². The molecular weight excluding hydrogens is 317 g/mol. The molecule has 1 N–H and O–H groups in total. The lowest BCUT2D eigenvalue weighted by Crippen LogP contribution is -2.51. The summed E-state index contributed by atoms with van der Waals surface area (Å²) < 4.78 is 37.2. The fourth-order valence-corrected chi connectivity index (χ4v) is 3.33. The third-order valence-electron chi connectivity index (χ3n) is 4.52. The van der Waals surface area contributed by atoms with Crippen LogP contribution in [0.25, 0.3) is 0 Å². The van der Waals surface area contributed by atoms with Gasteiger partial charge in [-0.2, -0.15) is 13.2 Å². The number of likely N-dealkylation sites (tertiary alicyclic amines) is 2. The number of hydrogen-bond acceptors (Lipinski definition) is 3. The Hall–Kier alpha value is -1.80. The van der Waals surface area contributed by atoms with Crippen LogP contribution in [-0.4, -0.2) is 64.5 Å². The molecule has 2 amide bonds. The van der Waals surface area contributed by atoms with E-state index in [1.54, 1.807) is 6.92 Å². The maximum absolute atomic E-state index is 12.5. The minimum atomic E-state index is -4.50. The van der Waals surface area contributed by atoms with Gasteiger partial charge >= 0.3 is 12.1 Å². The molecule has 0 aromatic rings. The number of amides is 2. The second kappa shape index (κ2) is 6.37. The van der Waals surface area contributed by atoms with Crippen LogP contribution in [-0.2, 0) is 14.4 Å². The van der Waals surface area contributed by atoms with Gasteiger partial charge in [-0.25, -0.2) is 0 Å². The molecule has 23 heavy (non-hydrogen) atoms. The van der Waals surface area contributed by atoms with Gasteiger partial charge in [-0.15, -0.1) is 0 Å². The van der Waals surface area contributed by atoms with E-state index in [4.69, 9.17) is 5.11 Å². The molecule has 2 aliphatic rings. The summed E-state index contributed by atoms with van der Waals surface area (Å²) in [6, 6.07) is -0.527. The largest absolute Gasteiger partial charge is 0.481 e. The van der Waals surface area contributed by atoms with Crippen molar-refractivity contribution in [1.29, 1.82) is 0 Å². The topological polar surface area (TPSA) is 77.9 Å². The maximum atomic E-state index is 12.5. The van der Waals surface area contributed by atoms with E-state index in [-0.39, 0.29) is 13.0 Å². The fraction of sp³-hybridized carbons (Fsp3) is 0.786. The van der Waals surface area contributed by atoms with Crippen molar-refractivity contribution in [1.82, 2.24) is 9.80 Å². The molecule has 2 heterocycles. The second-order valence-corrected chi connectivity index (χ2v) is 6.15. The normalized spacial score (nSPS) is 29.0. The Balaban J connectivity index is 2.03. The molecule has 2 fully saturated rings. The summed E-state index contributed by atoms with van der Waals surface area (Å²) in [5.41, 5.74) is 0. The first-order chi connectivity index (χ1) is 10.6. The summed E-state index contributed by atoms with van der Waals surface area (Å²) in [6.07, 6.45) is -3.76. The molecule has 3 atom stereocenters. The van der Waals surface area contributed by atoms with Gasteiger partial charge in [0.05, 0.1) is 11.8 Å². The molecule has 0 aromatic heterocycles. The molecule has 6 nitrogen and oxygen atoms in total. The zero-order chi connectivity index (χ0) is 17.4. The van der Waals surface area contributed by atoms with Crippen molar-refractivity contribution in [3.8, 4) is 0 Å². The van der Waals surface area contributed by atoms with Gasteiger partial charge in [0.1, 0.15) is 6.54 Å². The predicted molar refractivity (Wildman–Crippen MR) is 72.3 cm³/mol. The van der Waals surface area contributed by atoms with Crippen LogP contribution in [0.5, 0.6) is 0 Å². The maximum Gasteiger partial charge on any atom is 0.406 e. The van der Waals surface area contributed by atoms with Crippen LogP contribution < -0.4 is 0 Å². The molecule has 2 aliphatic heterocycles. The van der Waals surface area contributed by atoms with Crippen molar-refractivity contribution in [3.63, 3.8) is 0 Å². The van der Waals surface area contributed by atoms with E-state index < -0.39 is 48.4 Å². The number of carbonyl (C=O) groups excluding carboxylic acids is 2. The van der Waals surface area contributed by atoms with Gasteiger partial charge in [-0.3, -0.25) is 14.4 Å². The number of nitrogens with zero attached hydrogens (tertiary/aromatic N) is 2. The Morgan fingerprint density at radius 1 is 1.35 bits per heavy atom. The SMILES string of the molecule is C[C@@H]1[C@H](C(=O)O)CCCN1C(=O)C1CC(=O)N(CC(F)(F)F)C1. The highest BCUT2D eigenvalue weighted by atomic mass is 19.4. The number of rotatable bonds is 3. The quantitative estimate of drug-likeness (QED) is 0.837. The molecule has 130 valence electrons. The summed E-state index contributed by atoms with van der Waals surface area (Å²) in [6.45, 7) is 0.370. The first kappa shape index (κ1) is 17.6. The van der Waals surface area contributed by atoms with Gasteiger partial charge in [0.25, 0.3) is 0 Å². The van der Waals surface area contributed by atoms with Gasteiger partial charge in [0.2, 0.25) is 11.8 Å². The standard InChI is InChI=1S/C14H19F3N2O4/c1-8-10(13(22)23)3-2-4-19(8)12(21)9-5-11(20)18(6-9)7-14(15,16)17/h8-10H,2-7H2,1H3,(H,22,23)/t8-,9?,10-/m1/s1. The first-order valence-electron chi connectivity index (χ1n) is 7.48. The highest BCUT2D eigenvalue weighted by molar-refractivity contribution is 5.89. The van der Waals surface area contributed by atoms with Gasteiger partial charge in [0, 0.05) is 25.6 Å². The number of piperidine rings is 1. The lowest BCUT2D eigenvalue weighted by molar-refractivity contribution is -0.157. The number of aliphatic carboxylic acids is 1. The number of carbonyl (C=O) groups is 3. The van der Waals surface area contributed by atoms with Crippen LogP contribution >= 0.6 is 0 Å². The van der Waals surface area contributed by atoms with Crippen molar-refractivity contribution < 1.29 is 32.7 Å². The summed E-state index contributed by atoms with van der Waals surface area (Å²) in [5.74, 6) is -3.63.